The molecule has 1 saturated heterocycles. The summed E-state index contributed by atoms with van der Waals surface area (Å²) in [7, 11) is -1.67. The fourth-order valence-corrected chi connectivity index (χ4v) is 3.60. The van der Waals surface area contributed by atoms with Crippen LogP contribution < -0.4 is 5.32 Å². The molecular formula is C16H24N2O4S. The maximum absolute atomic E-state index is 12.0. The Labute approximate surface area is 137 Å². The number of hydrogen-bond acceptors (Lipinski definition) is 5. The number of hydrogen-bond donors (Lipinski definition) is 1. The molecule has 2 rings (SSSR count). The van der Waals surface area contributed by atoms with Crippen LogP contribution in [0.4, 0.5) is 5.69 Å². The molecule has 1 aliphatic rings. The lowest BCUT2D eigenvalue weighted by Crippen LogP contribution is -2.42. The van der Waals surface area contributed by atoms with Gasteiger partial charge in [0.2, 0.25) is 5.91 Å². The van der Waals surface area contributed by atoms with Crippen molar-refractivity contribution in [3.63, 3.8) is 0 Å². The van der Waals surface area contributed by atoms with Crippen LogP contribution in [0.5, 0.6) is 0 Å². The van der Waals surface area contributed by atoms with Crippen molar-refractivity contribution in [2.45, 2.75) is 30.2 Å². The summed E-state index contributed by atoms with van der Waals surface area (Å²) in [4.78, 5) is 14.1. The lowest BCUT2D eigenvalue weighted by atomic mass is 10.0. The molecule has 0 radical (unpaired) electrons. The normalized spacial score (nSPS) is 16.3. The highest BCUT2D eigenvalue weighted by atomic mass is 32.2. The van der Waals surface area contributed by atoms with E-state index < -0.39 is 9.84 Å². The maximum atomic E-state index is 12.0. The van der Waals surface area contributed by atoms with E-state index in [1.54, 1.807) is 25.3 Å². The van der Waals surface area contributed by atoms with Crippen LogP contribution in [0, 0.1) is 0 Å². The molecule has 1 aliphatic heterocycles. The number of methoxy groups -OCH3 is 1. The van der Waals surface area contributed by atoms with Gasteiger partial charge in [-0.25, -0.2) is 8.42 Å². The van der Waals surface area contributed by atoms with E-state index in [2.05, 4.69) is 5.32 Å². The molecule has 1 N–H and O–H groups in total. The predicted molar refractivity (Wildman–Crippen MR) is 89.3 cm³/mol. The van der Waals surface area contributed by atoms with Crippen LogP contribution in [-0.2, 0) is 19.4 Å². The van der Waals surface area contributed by atoms with E-state index in [1.807, 2.05) is 11.0 Å². The lowest BCUT2D eigenvalue weighted by Gasteiger charge is -2.33. The van der Waals surface area contributed by atoms with Gasteiger partial charge in [0.15, 0.2) is 9.84 Å². The Morgan fingerprint density at radius 1 is 1.30 bits per heavy atom. The second-order valence-electron chi connectivity index (χ2n) is 5.81. The second-order valence-corrected chi connectivity index (χ2v) is 7.79. The number of ether oxygens (including phenoxy) is 1. The van der Waals surface area contributed by atoms with Gasteiger partial charge in [-0.05, 0) is 25.0 Å². The molecule has 1 fully saturated rings. The summed E-state index contributed by atoms with van der Waals surface area (Å²) in [5.74, 6) is 0.113. The number of nitrogens with zero attached hydrogens (tertiary/aromatic N) is 1. The molecule has 0 spiro atoms. The van der Waals surface area contributed by atoms with Crippen molar-refractivity contribution in [2.75, 3.05) is 38.4 Å². The van der Waals surface area contributed by atoms with Gasteiger partial charge in [0, 0.05) is 32.5 Å². The van der Waals surface area contributed by atoms with E-state index in [1.165, 1.54) is 6.26 Å². The number of amides is 1. The van der Waals surface area contributed by atoms with Crippen LogP contribution in [0.25, 0.3) is 0 Å². The minimum atomic E-state index is -3.26. The zero-order chi connectivity index (χ0) is 16.9. The summed E-state index contributed by atoms with van der Waals surface area (Å²) >= 11 is 0. The second kappa shape index (κ2) is 7.79. The first-order valence-corrected chi connectivity index (χ1v) is 9.63. The molecule has 6 nitrogen and oxygen atoms in total. The first kappa shape index (κ1) is 17.7. The maximum Gasteiger partial charge on any atom is 0.224 e. The van der Waals surface area contributed by atoms with E-state index in [-0.39, 0.29) is 11.9 Å². The van der Waals surface area contributed by atoms with Crippen molar-refractivity contribution in [3.8, 4) is 0 Å². The molecule has 0 aromatic heterocycles. The zero-order valence-corrected chi connectivity index (χ0v) is 14.4. The smallest absolute Gasteiger partial charge is 0.224 e. The van der Waals surface area contributed by atoms with Gasteiger partial charge in [-0.1, -0.05) is 12.1 Å². The molecule has 0 aliphatic carbocycles. The lowest BCUT2D eigenvalue weighted by molar-refractivity contribution is -0.133. The molecule has 128 valence electrons. The van der Waals surface area contributed by atoms with Crippen molar-refractivity contribution < 1.29 is 17.9 Å². The zero-order valence-electron chi connectivity index (χ0n) is 13.6. The number of anilines is 1. The fraction of sp³-hybridized carbons (Fsp3) is 0.562. The van der Waals surface area contributed by atoms with Gasteiger partial charge in [-0.3, -0.25) is 4.79 Å². The van der Waals surface area contributed by atoms with Crippen molar-refractivity contribution in [1.82, 2.24) is 4.90 Å². The Morgan fingerprint density at radius 3 is 2.57 bits per heavy atom. The molecule has 0 unspecified atom stereocenters. The highest BCUT2D eigenvalue weighted by Gasteiger charge is 2.23. The molecule has 0 bridgehead atoms. The molecule has 0 atom stereocenters. The average molecular weight is 340 g/mol. The van der Waals surface area contributed by atoms with E-state index in [0.717, 1.165) is 12.8 Å². The Balaban J connectivity index is 1.94. The molecule has 1 amide bonds. The van der Waals surface area contributed by atoms with Gasteiger partial charge in [0.1, 0.15) is 0 Å². The van der Waals surface area contributed by atoms with Gasteiger partial charge >= 0.3 is 0 Å². The van der Waals surface area contributed by atoms with Crippen LogP contribution >= 0.6 is 0 Å². The molecule has 1 aromatic carbocycles. The third-order valence-corrected chi connectivity index (χ3v) is 5.17. The van der Waals surface area contributed by atoms with E-state index in [0.29, 0.717) is 36.7 Å². The van der Waals surface area contributed by atoms with Crippen LogP contribution in [0.1, 0.15) is 19.3 Å². The molecular weight excluding hydrogens is 316 g/mol. The monoisotopic (exact) mass is 340 g/mol. The Bertz CT molecular complexity index is 637. The van der Waals surface area contributed by atoms with E-state index in [4.69, 9.17) is 4.74 Å². The summed E-state index contributed by atoms with van der Waals surface area (Å²) in [6.45, 7) is 1.81. The first-order chi connectivity index (χ1) is 10.9. The molecule has 23 heavy (non-hydrogen) atoms. The SMILES string of the molecule is COCCC(=O)N1CCC(Nc2ccccc2S(C)(=O)=O)CC1. The molecule has 1 aromatic rings. The summed E-state index contributed by atoms with van der Waals surface area (Å²) in [6.07, 6.45) is 3.23. The summed E-state index contributed by atoms with van der Waals surface area (Å²) in [5.41, 5.74) is 0.638. The van der Waals surface area contributed by atoms with Crippen molar-refractivity contribution >= 4 is 21.4 Å². The van der Waals surface area contributed by atoms with E-state index in [9.17, 15) is 13.2 Å². The third-order valence-electron chi connectivity index (χ3n) is 4.01. The van der Waals surface area contributed by atoms with Gasteiger partial charge in [0.05, 0.1) is 23.6 Å². The van der Waals surface area contributed by atoms with Gasteiger partial charge in [0.25, 0.3) is 0 Å². The fourth-order valence-electron chi connectivity index (χ4n) is 2.75. The quantitative estimate of drug-likeness (QED) is 0.850. The number of benzene rings is 1. The number of carbonyl (C=O) groups is 1. The highest BCUT2D eigenvalue weighted by Crippen LogP contribution is 2.24. The Kier molecular flexibility index (Phi) is 6.01. The predicted octanol–water partition coefficient (Wildman–Crippen LogP) is 1.53. The number of nitrogens with one attached hydrogen (secondary N) is 1. The van der Waals surface area contributed by atoms with Gasteiger partial charge < -0.3 is 15.0 Å². The molecule has 0 saturated carbocycles. The number of para-hydroxylation sites is 1. The first-order valence-electron chi connectivity index (χ1n) is 7.74. The number of sulfone groups is 1. The topological polar surface area (TPSA) is 75.7 Å². The van der Waals surface area contributed by atoms with Crippen molar-refractivity contribution in [2.24, 2.45) is 0 Å². The van der Waals surface area contributed by atoms with Crippen LogP contribution in [0.2, 0.25) is 0 Å². The van der Waals surface area contributed by atoms with Gasteiger partial charge in [-0.2, -0.15) is 0 Å². The van der Waals surface area contributed by atoms with Crippen molar-refractivity contribution in [1.29, 1.82) is 0 Å². The number of carbonyl (C=O) groups excluding carboxylic acids is 1. The Hall–Kier alpha value is -1.60. The minimum absolute atomic E-state index is 0.113. The number of rotatable bonds is 6. The summed E-state index contributed by atoms with van der Waals surface area (Å²) in [6, 6.07) is 7.11. The average Bonchev–Trinajstić information content (AvgIpc) is 2.53. The number of likely N-dealkylation sites (tertiary alicyclic amines) is 1. The summed E-state index contributed by atoms with van der Waals surface area (Å²) < 4.78 is 28.6. The summed E-state index contributed by atoms with van der Waals surface area (Å²) in [5, 5.41) is 3.32. The van der Waals surface area contributed by atoms with Gasteiger partial charge in [-0.15, -0.1) is 0 Å². The van der Waals surface area contributed by atoms with E-state index >= 15 is 0 Å². The third kappa shape index (κ3) is 4.94. The van der Waals surface area contributed by atoms with Crippen LogP contribution in [0.15, 0.2) is 29.2 Å². The highest BCUT2D eigenvalue weighted by molar-refractivity contribution is 7.90. The van der Waals surface area contributed by atoms with Crippen LogP contribution in [-0.4, -0.2) is 58.3 Å². The Morgan fingerprint density at radius 2 is 1.96 bits per heavy atom. The van der Waals surface area contributed by atoms with Crippen LogP contribution in [0.3, 0.4) is 0 Å². The molecule has 1 heterocycles. The minimum Gasteiger partial charge on any atom is -0.384 e. The largest absolute Gasteiger partial charge is 0.384 e. The van der Waals surface area contributed by atoms with Crippen molar-refractivity contribution in [3.05, 3.63) is 24.3 Å². The standard InChI is InChI=1S/C16H24N2O4S/c1-22-12-9-16(19)18-10-7-13(8-11-18)17-14-5-3-4-6-15(14)23(2,20)21/h3-6,13,17H,7-12H2,1-2H3. The molecule has 7 heteroatoms. The number of piperidine rings is 1.